The number of hydrogen-bond donors (Lipinski definition) is 0. The molecule has 1 aliphatic rings. The Bertz CT molecular complexity index is 1790. The van der Waals surface area contributed by atoms with E-state index >= 15 is 0 Å². The summed E-state index contributed by atoms with van der Waals surface area (Å²) in [5, 5.41) is 5.37. The minimum atomic E-state index is 1.09. The molecular formula is C37H29N. The van der Waals surface area contributed by atoms with Crippen LogP contribution >= 0.6 is 0 Å². The fourth-order valence-electron chi connectivity index (χ4n) is 5.88. The smallest absolute Gasteiger partial charge is 0.0468 e. The van der Waals surface area contributed by atoms with Gasteiger partial charge in [0.15, 0.2) is 0 Å². The van der Waals surface area contributed by atoms with Gasteiger partial charge in [0.05, 0.1) is 0 Å². The van der Waals surface area contributed by atoms with Crippen LogP contribution in [0.25, 0.3) is 38.7 Å². The highest BCUT2D eigenvalue weighted by molar-refractivity contribution is 6.14. The van der Waals surface area contributed by atoms with E-state index in [1.54, 1.807) is 0 Å². The van der Waals surface area contributed by atoms with Crippen molar-refractivity contribution >= 4 is 44.7 Å². The maximum absolute atomic E-state index is 2.39. The summed E-state index contributed by atoms with van der Waals surface area (Å²) in [5.74, 6) is 0. The fraction of sp³-hybridized carbons (Fsp3) is 0.0811. The quantitative estimate of drug-likeness (QED) is 0.224. The Morgan fingerprint density at radius 1 is 0.526 bits per heavy atom. The molecule has 1 nitrogen and oxygen atoms in total. The molecule has 0 fully saturated rings. The van der Waals surface area contributed by atoms with Crippen LogP contribution in [0.3, 0.4) is 0 Å². The lowest BCUT2D eigenvalue weighted by Crippen LogP contribution is -2.10. The lowest BCUT2D eigenvalue weighted by molar-refractivity contribution is 1.00. The van der Waals surface area contributed by atoms with Gasteiger partial charge in [0.2, 0.25) is 0 Å². The van der Waals surface area contributed by atoms with E-state index in [0.29, 0.717) is 0 Å². The molecule has 0 atom stereocenters. The van der Waals surface area contributed by atoms with Gasteiger partial charge in [-0.05, 0) is 100.0 Å². The van der Waals surface area contributed by atoms with E-state index in [-0.39, 0.29) is 0 Å². The zero-order valence-electron chi connectivity index (χ0n) is 21.6. The van der Waals surface area contributed by atoms with Crippen LogP contribution in [0.4, 0.5) is 17.1 Å². The van der Waals surface area contributed by atoms with E-state index in [0.717, 1.165) is 24.2 Å². The zero-order chi connectivity index (χ0) is 25.5. The maximum Gasteiger partial charge on any atom is 0.0468 e. The second kappa shape index (κ2) is 9.36. The van der Waals surface area contributed by atoms with Gasteiger partial charge >= 0.3 is 0 Å². The monoisotopic (exact) mass is 487 g/mol. The minimum Gasteiger partial charge on any atom is -0.310 e. The first-order valence-corrected chi connectivity index (χ1v) is 13.4. The Morgan fingerprint density at radius 2 is 1.13 bits per heavy atom. The highest BCUT2D eigenvalue weighted by Crippen LogP contribution is 2.41. The summed E-state index contributed by atoms with van der Waals surface area (Å²) in [6, 6.07) is 44.2. The number of aryl methyl sites for hydroxylation is 2. The standard InChI is InChI=1S/C37H29N/c1-26-15-17-27(18-16-26)28-19-21-30(22-20-28)38(29-9-3-2-4-10-29)31-23-24-36-34-13-6-5-11-32(34)33-12-7-8-14-35(33)37(36)25-31/h2-6,8-11,13-25H,7,12H2,1H3. The molecule has 182 valence electrons. The Balaban J connectivity index is 1.40. The summed E-state index contributed by atoms with van der Waals surface area (Å²) < 4.78 is 0. The third kappa shape index (κ3) is 3.88. The van der Waals surface area contributed by atoms with E-state index in [2.05, 4.69) is 145 Å². The van der Waals surface area contributed by atoms with Crippen molar-refractivity contribution in [2.24, 2.45) is 0 Å². The Labute approximate surface area is 224 Å². The van der Waals surface area contributed by atoms with Gasteiger partial charge in [-0.1, -0.05) is 103 Å². The summed E-state index contributed by atoms with van der Waals surface area (Å²) in [4.78, 5) is 2.37. The third-order valence-corrected chi connectivity index (χ3v) is 7.79. The first-order valence-electron chi connectivity index (χ1n) is 13.4. The van der Waals surface area contributed by atoms with Gasteiger partial charge in [-0.25, -0.2) is 0 Å². The highest BCUT2D eigenvalue weighted by atomic mass is 15.1. The molecule has 0 aliphatic heterocycles. The lowest BCUT2D eigenvalue weighted by Gasteiger charge is -2.27. The molecule has 0 radical (unpaired) electrons. The van der Waals surface area contributed by atoms with Crippen molar-refractivity contribution in [3.05, 3.63) is 144 Å². The van der Waals surface area contributed by atoms with Gasteiger partial charge in [0.25, 0.3) is 0 Å². The van der Waals surface area contributed by atoms with Crippen molar-refractivity contribution in [3.63, 3.8) is 0 Å². The maximum atomic E-state index is 2.39. The Morgan fingerprint density at radius 3 is 1.89 bits per heavy atom. The normalized spacial score (nSPS) is 12.6. The molecule has 0 N–H and O–H groups in total. The Kier molecular flexibility index (Phi) is 5.56. The van der Waals surface area contributed by atoms with Crippen LogP contribution in [0.1, 0.15) is 23.1 Å². The van der Waals surface area contributed by atoms with Crippen molar-refractivity contribution < 1.29 is 0 Å². The van der Waals surface area contributed by atoms with Gasteiger partial charge in [-0.3, -0.25) is 0 Å². The SMILES string of the molecule is Cc1ccc(-c2ccc(N(c3ccccc3)c3ccc4c(c3)c3c(c5ccccc54)CCC=C3)cc2)cc1. The fourth-order valence-corrected chi connectivity index (χ4v) is 5.88. The van der Waals surface area contributed by atoms with E-state index in [1.807, 2.05) is 0 Å². The van der Waals surface area contributed by atoms with Crippen molar-refractivity contribution in [1.29, 1.82) is 0 Å². The van der Waals surface area contributed by atoms with E-state index in [9.17, 15) is 0 Å². The molecule has 1 heteroatoms. The van der Waals surface area contributed by atoms with E-state index < -0.39 is 0 Å². The van der Waals surface area contributed by atoms with Crippen molar-refractivity contribution in [2.75, 3.05) is 4.90 Å². The topological polar surface area (TPSA) is 3.24 Å². The summed E-state index contributed by atoms with van der Waals surface area (Å²) >= 11 is 0. The molecule has 0 unspecified atom stereocenters. The zero-order valence-corrected chi connectivity index (χ0v) is 21.6. The van der Waals surface area contributed by atoms with Gasteiger partial charge in [-0.15, -0.1) is 0 Å². The van der Waals surface area contributed by atoms with Crippen LogP contribution < -0.4 is 4.90 Å². The molecule has 0 bridgehead atoms. The predicted octanol–water partition coefficient (Wildman–Crippen LogP) is 10.4. The number of fused-ring (bicyclic) bond motifs is 6. The van der Waals surface area contributed by atoms with Crippen LogP contribution in [0, 0.1) is 6.92 Å². The van der Waals surface area contributed by atoms with Crippen LogP contribution in [0.2, 0.25) is 0 Å². The number of para-hydroxylation sites is 1. The van der Waals surface area contributed by atoms with E-state index in [1.165, 1.54) is 55.0 Å². The Hall–Kier alpha value is -4.62. The second-order valence-corrected chi connectivity index (χ2v) is 10.2. The van der Waals surface area contributed by atoms with Crippen molar-refractivity contribution in [1.82, 2.24) is 0 Å². The summed E-state index contributed by atoms with van der Waals surface area (Å²) in [6.45, 7) is 2.13. The second-order valence-electron chi connectivity index (χ2n) is 10.2. The van der Waals surface area contributed by atoms with Crippen LogP contribution in [0.15, 0.2) is 127 Å². The van der Waals surface area contributed by atoms with Gasteiger partial charge in [0.1, 0.15) is 0 Å². The minimum absolute atomic E-state index is 1.09. The number of anilines is 3. The first kappa shape index (κ1) is 22.6. The third-order valence-electron chi connectivity index (χ3n) is 7.79. The number of benzene rings is 6. The van der Waals surface area contributed by atoms with Gasteiger partial charge < -0.3 is 4.90 Å². The number of rotatable bonds is 4. The van der Waals surface area contributed by atoms with Crippen LogP contribution in [-0.2, 0) is 6.42 Å². The first-order chi connectivity index (χ1) is 18.8. The highest BCUT2D eigenvalue weighted by Gasteiger charge is 2.18. The molecule has 0 saturated carbocycles. The molecule has 0 amide bonds. The van der Waals surface area contributed by atoms with Gasteiger partial charge in [-0.2, -0.15) is 0 Å². The van der Waals surface area contributed by atoms with Crippen LogP contribution in [0.5, 0.6) is 0 Å². The average Bonchev–Trinajstić information content (AvgIpc) is 2.99. The molecule has 7 rings (SSSR count). The number of allylic oxidation sites excluding steroid dienone is 1. The van der Waals surface area contributed by atoms with Crippen molar-refractivity contribution in [2.45, 2.75) is 19.8 Å². The molecule has 0 saturated heterocycles. The molecule has 6 aromatic carbocycles. The molecule has 38 heavy (non-hydrogen) atoms. The summed E-state index contributed by atoms with van der Waals surface area (Å²) in [5.41, 5.74) is 10.1. The molecule has 6 aromatic rings. The predicted molar refractivity (Wildman–Crippen MR) is 164 cm³/mol. The summed E-state index contributed by atoms with van der Waals surface area (Å²) in [7, 11) is 0. The van der Waals surface area contributed by atoms with E-state index in [4.69, 9.17) is 0 Å². The molecule has 0 aromatic heterocycles. The molecule has 1 aliphatic carbocycles. The summed E-state index contributed by atoms with van der Waals surface area (Å²) in [6.07, 6.45) is 6.85. The lowest BCUT2D eigenvalue weighted by atomic mass is 9.86. The average molecular weight is 488 g/mol. The molecule has 0 heterocycles. The number of hydrogen-bond acceptors (Lipinski definition) is 1. The molecule has 0 spiro atoms. The number of nitrogens with zero attached hydrogens (tertiary/aromatic N) is 1. The van der Waals surface area contributed by atoms with Crippen molar-refractivity contribution in [3.8, 4) is 11.1 Å². The largest absolute Gasteiger partial charge is 0.310 e. The molecular weight excluding hydrogens is 458 g/mol. The van der Waals surface area contributed by atoms with Crippen LogP contribution in [-0.4, -0.2) is 0 Å². The van der Waals surface area contributed by atoms with Gasteiger partial charge in [0, 0.05) is 17.1 Å².